The first-order valence-corrected chi connectivity index (χ1v) is 5.42. The van der Waals surface area contributed by atoms with Gasteiger partial charge in [0.25, 0.3) is 0 Å². The minimum absolute atomic E-state index is 0.146. The molecule has 0 atom stereocenters. The fraction of sp³-hybridized carbons (Fsp3) is 0.636. The van der Waals surface area contributed by atoms with Crippen LogP contribution in [0, 0.1) is 6.92 Å². The predicted octanol–water partition coefficient (Wildman–Crippen LogP) is 1.71. The maximum absolute atomic E-state index is 6.16. The van der Waals surface area contributed by atoms with Crippen molar-refractivity contribution in [3.63, 3.8) is 0 Å². The molecule has 84 valence electrons. The van der Waals surface area contributed by atoms with E-state index >= 15 is 0 Å². The van der Waals surface area contributed by atoms with Crippen molar-refractivity contribution in [3.05, 3.63) is 17.8 Å². The lowest BCUT2D eigenvalue weighted by molar-refractivity contribution is 0.417. The average molecular weight is 208 g/mol. The number of hydrogen-bond donors (Lipinski definition) is 2. The normalized spacial score (nSPS) is 11.5. The van der Waals surface area contributed by atoms with E-state index in [1.807, 2.05) is 19.1 Å². The van der Waals surface area contributed by atoms with Crippen LogP contribution in [0.2, 0.25) is 0 Å². The molecule has 4 nitrogen and oxygen atoms in total. The topological polar surface area (TPSA) is 63.8 Å². The van der Waals surface area contributed by atoms with E-state index in [-0.39, 0.29) is 5.54 Å². The summed E-state index contributed by atoms with van der Waals surface area (Å²) in [4.78, 5) is 0. The number of hydrogen-bond acceptors (Lipinski definition) is 4. The van der Waals surface area contributed by atoms with E-state index in [1.165, 1.54) is 0 Å². The zero-order valence-corrected chi connectivity index (χ0v) is 9.75. The van der Waals surface area contributed by atoms with Crippen LogP contribution in [0.1, 0.15) is 32.4 Å². The van der Waals surface area contributed by atoms with E-state index in [1.54, 1.807) is 0 Å². The number of anilines is 1. The minimum atomic E-state index is -0.146. The van der Waals surface area contributed by atoms with E-state index in [0.29, 0.717) is 0 Å². The smallest absolute Gasteiger partial charge is 0.148 e. The third-order valence-corrected chi connectivity index (χ3v) is 2.83. The first kappa shape index (κ1) is 11.9. The molecule has 0 bridgehead atoms. The Bertz CT molecular complexity index is 290. The molecule has 0 aromatic carbocycles. The van der Waals surface area contributed by atoms with Crippen molar-refractivity contribution in [2.45, 2.75) is 39.2 Å². The van der Waals surface area contributed by atoms with Crippen molar-refractivity contribution < 1.29 is 0 Å². The summed E-state index contributed by atoms with van der Waals surface area (Å²) in [6.45, 7) is 6.86. The van der Waals surface area contributed by atoms with Crippen LogP contribution in [-0.2, 0) is 0 Å². The van der Waals surface area contributed by atoms with Crippen LogP contribution in [0.25, 0.3) is 0 Å². The zero-order chi connectivity index (χ0) is 11.3. The number of nitrogens with zero attached hydrogens (tertiary/aromatic N) is 2. The van der Waals surface area contributed by atoms with Gasteiger partial charge in [-0.3, -0.25) is 0 Å². The fourth-order valence-corrected chi connectivity index (χ4v) is 1.26. The van der Waals surface area contributed by atoms with Crippen molar-refractivity contribution >= 4 is 5.82 Å². The van der Waals surface area contributed by atoms with Crippen LogP contribution in [0.15, 0.2) is 12.1 Å². The van der Waals surface area contributed by atoms with Gasteiger partial charge in [0.15, 0.2) is 0 Å². The molecule has 0 unspecified atom stereocenters. The molecule has 15 heavy (non-hydrogen) atoms. The van der Waals surface area contributed by atoms with E-state index in [2.05, 4.69) is 29.4 Å². The van der Waals surface area contributed by atoms with E-state index in [9.17, 15) is 0 Å². The average Bonchev–Trinajstić information content (AvgIpc) is 2.28. The van der Waals surface area contributed by atoms with Gasteiger partial charge in [-0.25, -0.2) is 0 Å². The van der Waals surface area contributed by atoms with Crippen molar-refractivity contribution in [3.8, 4) is 0 Å². The molecule has 3 N–H and O–H groups in total. The second kappa shape index (κ2) is 5.07. The van der Waals surface area contributed by atoms with Gasteiger partial charge in [0.1, 0.15) is 5.82 Å². The second-order valence-electron chi connectivity index (χ2n) is 3.98. The molecule has 0 saturated carbocycles. The summed E-state index contributed by atoms with van der Waals surface area (Å²) in [6, 6.07) is 3.86. The summed E-state index contributed by atoms with van der Waals surface area (Å²) in [6.07, 6.45) is 1.91. The Morgan fingerprint density at radius 1 is 1.27 bits per heavy atom. The van der Waals surface area contributed by atoms with Gasteiger partial charge in [-0.2, -0.15) is 5.10 Å². The summed E-state index contributed by atoms with van der Waals surface area (Å²) < 4.78 is 0. The molecule has 0 radical (unpaired) electrons. The Hall–Kier alpha value is -1.16. The molecule has 0 amide bonds. The highest BCUT2D eigenvalue weighted by atomic mass is 15.2. The molecule has 0 fully saturated rings. The summed E-state index contributed by atoms with van der Waals surface area (Å²) >= 11 is 0. The summed E-state index contributed by atoms with van der Waals surface area (Å²) in [5.74, 6) is 0.789. The Morgan fingerprint density at radius 3 is 2.40 bits per heavy atom. The zero-order valence-electron chi connectivity index (χ0n) is 9.75. The highest BCUT2D eigenvalue weighted by Gasteiger charge is 2.19. The highest BCUT2D eigenvalue weighted by Crippen LogP contribution is 2.12. The maximum atomic E-state index is 6.16. The molecule has 0 aliphatic rings. The number of nitrogens with one attached hydrogen (secondary N) is 1. The standard InChI is InChI=1S/C11H20N4/c1-4-11(12,5-2)8-13-10-7-6-9(3)14-15-10/h6-7H,4-5,8,12H2,1-3H3,(H,13,15). The van der Waals surface area contributed by atoms with Gasteiger partial charge in [0.2, 0.25) is 0 Å². The molecule has 0 spiro atoms. The summed E-state index contributed by atoms with van der Waals surface area (Å²) in [5.41, 5.74) is 6.94. The predicted molar refractivity (Wildman–Crippen MR) is 62.8 cm³/mol. The van der Waals surface area contributed by atoms with Crippen LogP contribution in [0.4, 0.5) is 5.82 Å². The Morgan fingerprint density at radius 2 is 1.93 bits per heavy atom. The van der Waals surface area contributed by atoms with Crippen molar-refractivity contribution in [2.75, 3.05) is 11.9 Å². The maximum Gasteiger partial charge on any atom is 0.148 e. The first-order chi connectivity index (χ1) is 7.09. The third kappa shape index (κ3) is 3.47. The molecule has 1 heterocycles. The molecule has 1 aromatic rings. The summed E-state index contributed by atoms with van der Waals surface area (Å²) in [7, 11) is 0. The van der Waals surface area contributed by atoms with Gasteiger partial charge in [-0.1, -0.05) is 13.8 Å². The quantitative estimate of drug-likeness (QED) is 0.773. The van der Waals surface area contributed by atoms with Crippen LogP contribution in [-0.4, -0.2) is 22.3 Å². The van der Waals surface area contributed by atoms with Gasteiger partial charge < -0.3 is 11.1 Å². The first-order valence-electron chi connectivity index (χ1n) is 5.42. The second-order valence-corrected chi connectivity index (χ2v) is 3.98. The number of nitrogens with two attached hydrogens (primary N) is 1. The van der Waals surface area contributed by atoms with Gasteiger partial charge >= 0.3 is 0 Å². The van der Waals surface area contributed by atoms with Crippen LogP contribution >= 0.6 is 0 Å². The molecule has 0 saturated heterocycles. The summed E-state index contributed by atoms with van der Waals surface area (Å²) in [5, 5.41) is 11.2. The molecule has 1 aromatic heterocycles. The number of aromatic nitrogens is 2. The number of rotatable bonds is 5. The van der Waals surface area contributed by atoms with Gasteiger partial charge in [0, 0.05) is 12.1 Å². The lowest BCUT2D eigenvalue weighted by Crippen LogP contribution is -2.45. The lowest BCUT2D eigenvalue weighted by atomic mass is 9.94. The molecule has 4 heteroatoms. The van der Waals surface area contributed by atoms with Gasteiger partial charge in [-0.15, -0.1) is 5.10 Å². The molecule has 1 rings (SSSR count). The van der Waals surface area contributed by atoms with Gasteiger partial charge in [0.05, 0.1) is 5.69 Å². The van der Waals surface area contributed by atoms with Crippen molar-refractivity contribution in [1.82, 2.24) is 10.2 Å². The van der Waals surface area contributed by atoms with E-state index in [0.717, 1.165) is 30.9 Å². The molecular formula is C11H20N4. The van der Waals surface area contributed by atoms with Crippen molar-refractivity contribution in [2.24, 2.45) is 5.73 Å². The molecular weight excluding hydrogens is 188 g/mol. The number of aryl methyl sites for hydroxylation is 1. The van der Waals surface area contributed by atoms with Crippen LogP contribution < -0.4 is 11.1 Å². The van der Waals surface area contributed by atoms with E-state index in [4.69, 9.17) is 5.73 Å². The largest absolute Gasteiger partial charge is 0.367 e. The lowest BCUT2D eigenvalue weighted by Gasteiger charge is -2.26. The Labute approximate surface area is 91.3 Å². The van der Waals surface area contributed by atoms with E-state index < -0.39 is 0 Å². The van der Waals surface area contributed by atoms with Crippen LogP contribution in [0.3, 0.4) is 0 Å². The monoisotopic (exact) mass is 208 g/mol. The Balaban J connectivity index is 2.53. The van der Waals surface area contributed by atoms with Gasteiger partial charge in [-0.05, 0) is 31.9 Å². The SMILES string of the molecule is CCC(N)(CC)CNc1ccc(C)nn1. The highest BCUT2D eigenvalue weighted by molar-refractivity contribution is 5.33. The molecule has 0 aliphatic heterocycles. The van der Waals surface area contributed by atoms with Crippen molar-refractivity contribution in [1.29, 1.82) is 0 Å². The molecule has 0 aliphatic carbocycles. The Kier molecular flexibility index (Phi) is 4.03. The third-order valence-electron chi connectivity index (χ3n) is 2.83. The van der Waals surface area contributed by atoms with Crippen LogP contribution in [0.5, 0.6) is 0 Å². The minimum Gasteiger partial charge on any atom is -0.367 e. The fourth-order valence-electron chi connectivity index (χ4n) is 1.26.